The van der Waals surface area contributed by atoms with Crippen molar-refractivity contribution in [3.63, 3.8) is 0 Å². The van der Waals surface area contributed by atoms with Crippen LogP contribution in [0.1, 0.15) is 63.1 Å². The fourth-order valence-corrected chi connectivity index (χ4v) is 3.89. The molecule has 21 heavy (non-hydrogen) atoms. The van der Waals surface area contributed by atoms with Gasteiger partial charge in [0.25, 0.3) is 0 Å². The Morgan fingerprint density at radius 2 is 2.00 bits per heavy atom. The second kappa shape index (κ2) is 5.45. The highest BCUT2D eigenvalue weighted by Gasteiger charge is 2.36. The van der Waals surface area contributed by atoms with Crippen LogP contribution in [0.2, 0.25) is 0 Å². The van der Waals surface area contributed by atoms with E-state index in [9.17, 15) is 9.90 Å². The summed E-state index contributed by atoms with van der Waals surface area (Å²) in [6.45, 7) is 4.54. The molecule has 1 aromatic carbocycles. The van der Waals surface area contributed by atoms with Crippen molar-refractivity contribution in [2.75, 3.05) is 0 Å². The first kappa shape index (κ1) is 14.6. The van der Waals surface area contributed by atoms with E-state index in [0.717, 1.165) is 32.1 Å². The predicted molar refractivity (Wildman–Crippen MR) is 82.9 cm³/mol. The molecule has 0 heterocycles. The molecule has 0 aliphatic heterocycles. The number of fused-ring (bicyclic) bond motifs is 1. The van der Waals surface area contributed by atoms with Crippen LogP contribution in [0.3, 0.4) is 0 Å². The second-order valence-electron chi connectivity index (χ2n) is 7.18. The van der Waals surface area contributed by atoms with Crippen molar-refractivity contribution < 1.29 is 9.90 Å². The van der Waals surface area contributed by atoms with E-state index in [1.165, 1.54) is 11.1 Å². The topological polar surface area (TPSA) is 49.3 Å². The highest BCUT2D eigenvalue weighted by Crippen LogP contribution is 2.41. The molecule has 0 spiro atoms. The first-order valence-corrected chi connectivity index (χ1v) is 8.07. The molecule has 3 unspecified atom stereocenters. The Morgan fingerprint density at radius 3 is 2.71 bits per heavy atom. The summed E-state index contributed by atoms with van der Waals surface area (Å²) < 4.78 is 0. The number of hydrogen-bond donors (Lipinski definition) is 2. The highest BCUT2D eigenvalue weighted by atomic mass is 16.3. The number of rotatable bonds is 2. The van der Waals surface area contributed by atoms with Crippen LogP contribution in [0, 0.1) is 5.92 Å². The summed E-state index contributed by atoms with van der Waals surface area (Å²) in [5.41, 5.74) is 2.76. The van der Waals surface area contributed by atoms with Crippen LogP contribution in [-0.4, -0.2) is 17.1 Å². The van der Waals surface area contributed by atoms with Crippen molar-refractivity contribution in [1.82, 2.24) is 5.32 Å². The minimum atomic E-state index is -0.458. The number of amides is 1. The zero-order valence-electron chi connectivity index (χ0n) is 12.9. The third kappa shape index (κ3) is 2.71. The Balaban J connectivity index is 1.79. The largest absolute Gasteiger partial charge is 0.392 e. The van der Waals surface area contributed by atoms with Crippen molar-refractivity contribution >= 4 is 5.91 Å². The van der Waals surface area contributed by atoms with Crippen molar-refractivity contribution in [3.05, 3.63) is 35.4 Å². The van der Waals surface area contributed by atoms with E-state index in [0.29, 0.717) is 0 Å². The molecule has 1 aromatic rings. The number of carbonyl (C=O) groups is 1. The molecular formula is C18H25NO2. The number of carbonyl (C=O) groups excluding carboxylic acids is 1. The van der Waals surface area contributed by atoms with Gasteiger partial charge in [0.15, 0.2) is 0 Å². The number of hydrogen-bond acceptors (Lipinski definition) is 2. The third-order valence-electron chi connectivity index (χ3n) is 5.26. The normalized spacial score (nSPS) is 30.7. The average molecular weight is 287 g/mol. The lowest BCUT2D eigenvalue weighted by Gasteiger charge is -2.37. The van der Waals surface area contributed by atoms with E-state index in [-0.39, 0.29) is 23.3 Å². The van der Waals surface area contributed by atoms with Crippen LogP contribution in [0.5, 0.6) is 0 Å². The maximum absolute atomic E-state index is 12.4. The Kier molecular flexibility index (Phi) is 3.78. The van der Waals surface area contributed by atoms with E-state index in [1.54, 1.807) is 0 Å². The Morgan fingerprint density at radius 1 is 1.24 bits per heavy atom. The molecule has 2 aliphatic rings. The fraction of sp³-hybridized carbons (Fsp3) is 0.611. The van der Waals surface area contributed by atoms with Crippen LogP contribution >= 0.6 is 0 Å². The molecular weight excluding hydrogens is 262 g/mol. The third-order valence-corrected chi connectivity index (χ3v) is 5.26. The van der Waals surface area contributed by atoms with Gasteiger partial charge < -0.3 is 10.4 Å². The fourth-order valence-electron chi connectivity index (χ4n) is 3.89. The molecule has 114 valence electrons. The molecule has 1 saturated carbocycles. The molecule has 1 fully saturated rings. The first-order chi connectivity index (χ1) is 9.99. The first-order valence-electron chi connectivity index (χ1n) is 8.07. The van der Waals surface area contributed by atoms with Crippen LogP contribution in [0.25, 0.3) is 0 Å². The van der Waals surface area contributed by atoms with Gasteiger partial charge in [-0.25, -0.2) is 0 Å². The van der Waals surface area contributed by atoms with Crippen LogP contribution in [0.15, 0.2) is 24.3 Å². The molecule has 3 rings (SSSR count). The lowest BCUT2D eigenvalue weighted by atomic mass is 9.71. The van der Waals surface area contributed by atoms with Gasteiger partial charge in [-0.1, -0.05) is 38.1 Å². The monoisotopic (exact) mass is 287 g/mol. The van der Waals surface area contributed by atoms with E-state index in [2.05, 4.69) is 37.4 Å². The Bertz CT molecular complexity index is 538. The smallest absolute Gasteiger partial charge is 0.226 e. The lowest BCUT2D eigenvalue weighted by Crippen LogP contribution is -2.40. The van der Waals surface area contributed by atoms with E-state index < -0.39 is 6.10 Å². The minimum Gasteiger partial charge on any atom is -0.392 e. The second-order valence-corrected chi connectivity index (χ2v) is 7.18. The van der Waals surface area contributed by atoms with Crippen LogP contribution < -0.4 is 5.32 Å². The number of nitrogens with one attached hydrogen (secondary N) is 1. The number of aliphatic hydroxyl groups excluding tert-OH is 1. The highest BCUT2D eigenvalue weighted by molar-refractivity contribution is 5.80. The van der Waals surface area contributed by atoms with E-state index in [1.807, 2.05) is 6.07 Å². The van der Waals surface area contributed by atoms with Crippen LogP contribution in [-0.2, 0) is 10.2 Å². The summed E-state index contributed by atoms with van der Waals surface area (Å²) in [6, 6.07) is 8.52. The maximum atomic E-state index is 12.4. The molecule has 3 nitrogen and oxygen atoms in total. The van der Waals surface area contributed by atoms with Gasteiger partial charge >= 0.3 is 0 Å². The van der Waals surface area contributed by atoms with Gasteiger partial charge in [0.2, 0.25) is 5.91 Å². The van der Waals surface area contributed by atoms with E-state index in [4.69, 9.17) is 0 Å². The van der Waals surface area contributed by atoms with Crippen molar-refractivity contribution in [3.8, 4) is 0 Å². The molecule has 0 saturated heterocycles. The van der Waals surface area contributed by atoms with Gasteiger partial charge in [-0.2, -0.15) is 0 Å². The van der Waals surface area contributed by atoms with Crippen LogP contribution in [0.4, 0.5) is 0 Å². The van der Waals surface area contributed by atoms with Gasteiger partial charge in [0.05, 0.1) is 18.1 Å². The Labute approximate surface area is 126 Å². The molecule has 0 aromatic heterocycles. The standard InChI is InChI=1S/C18H25NO2/c1-18(2)11-10-15(12-6-3-4-8-14(12)18)19-17(21)13-7-5-9-16(13)20/h3-4,6,8,13,15-16,20H,5,7,9-11H2,1-2H3,(H,19,21). The molecule has 0 bridgehead atoms. The summed E-state index contributed by atoms with van der Waals surface area (Å²) in [5.74, 6) is -0.188. The summed E-state index contributed by atoms with van der Waals surface area (Å²) in [5, 5.41) is 13.1. The zero-order chi connectivity index (χ0) is 15.0. The maximum Gasteiger partial charge on any atom is 0.226 e. The van der Waals surface area contributed by atoms with Gasteiger partial charge in [-0.15, -0.1) is 0 Å². The minimum absolute atomic E-state index is 0.0273. The summed E-state index contributed by atoms with van der Waals surface area (Å²) >= 11 is 0. The van der Waals surface area contributed by atoms with Gasteiger partial charge in [0, 0.05) is 0 Å². The predicted octanol–water partition coefficient (Wildman–Crippen LogP) is 3.08. The Hall–Kier alpha value is -1.35. The molecule has 1 amide bonds. The molecule has 0 radical (unpaired) electrons. The van der Waals surface area contributed by atoms with Crippen molar-refractivity contribution in [2.45, 2.75) is 63.5 Å². The summed E-state index contributed by atoms with van der Waals surface area (Å²) in [4.78, 5) is 12.4. The molecule has 2 aliphatic carbocycles. The molecule has 2 N–H and O–H groups in total. The van der Waals surface area contributed by atoms with Gasteiger partial charge in [-0.3, -0.25) is 4.79 Å². The molecule has 3 heteroatoms. The van der Waals surface area contributed by atoms with Crippen molar-refractivity contribution in [1.29, 1.82) is 0 Å². The van der Waals surface area contributed by atoms with Crippen molar-refractivity contribution in [2.24, 2.45) is 5.92 Å². The molecule has 3 atom stereocenters. The summed E-state index contributed by atoms with van der Waals surface area (Å²) in [6.07, 6.45) is 4.10. The quantitative estimate of drug-likeness (QED) is 0.878. The SMILES string of the molecule is CC1(C)CCC(NC(=O)C2CCCC2O)c2ccccc21. The average Bonchev–Trinajstić information content (AvgIpc) is 2.89. The number of aliphatic hydroxyl groups is 1. The van der Waals surface area contributed by atoms with Gasteiger partial charge in [0.1, 0.15) is 0 Å². The number of benzene rings is 1. The zero-order valence-corrected chi connectivity index (χ0v) is 12.9. The van der Waals surface area contributed by atoms with Gasteiger partial charge in [-0.05, 0) is 48.6 Å². The van der Waals surface area contributed by atoms with E-state index >= 15 is 0 Å². The lowest BCUT2D eigenvalue weighted by molar-refractivity contribution is -0.128. The summed E-state index contributed by atoms with van der Waals surface area (Å²) in [7, 11) is 0.